The Morgan fingerprint density at radius 3 is 1.91 bits per heavy atom. The predicted octanol–water partition coefficient (Wildman–Crippen LogP) is 6.23. The molecule has 2 nitrogen and oxygen atoms in total. The molecule has 0 spiro atoms. The molecular formula is C19H12Br2O2. The van der Waals surface area contributed by atoms with Crippen molar-refractivity contribution in [1.82, 2.24) is 0 Å². The predicted molar refractivity (Wildman–Crippen MR) is 98.2 cm³/mol. The molecule has 0 heterocycles. The second-order valence-electron chi connectivity index (χ2n) is 4.92. The number of ether oxygens (including phenoxy) is 1. The van der Waals surface area contributed by atoms with E-state index in [0.29, 0.717) is 16.9 Å². The van der Waals surface area contributed by atoms with Crippen molar-refractivity contribution in [3.8, 4) is 11.5 Å². The van der Waals surface area contributed by atoms with E-state index in [2.05, 4.69) is 31.9 Å². The van der Waals surface area contributed by atoms with Gasteiger partial charge in [-0.05, 0) is 60.7 Å². The number of carbonyl (C=O) groups excluding carboxylic acids is 1. The van der Waals surface area contributed by atoms with Crippen molar-refractivity contribution in [1.29, 1.82) is 0 Å². The van der Waals surface area contributed by atoms with E-state index in [4.69, 9.17) is 4.74 Å². The smallest absolute Gasteiger partial charge is 0.193 e. The lowest BCUT2D eigenvalue weighted by Crippen LogP contribution is -2.00. The molecule has 0 aliphatic carbocycles. The summed E-state index contributed by atoms with van der Waals surface area (Å²) in [5, 5.41) is 0. The first-order valence-electron chi connectivity index (χ1n) is 6.95. The van der Waals surface area contributed by atoms with Crippen LogP contribution < -0.4 is 4.74 Å². The minimum absolute atomic E-state index is 0.0125. The lowest BCUT2D eigenvalue weighted by molar-refractivity contribution is 0.103. The number of hydrogen-bond acceptors (Lipinski definition) is 2. The third kappa shape index (κ3) is 4.09. The summed E-state index contributed by atoms with van der Waals surface area (Å²) in [5.41, 5.74) is 1.28. The van der Waals surface area contributed by atoms with E-state index >= 15 is 0 Å². The van der Waals surface area contributed by atoms with E-state index in [1.165, 1.54) is 0 Å². The average Bonchev–Trinajstić information content (AvgIpc) is 2.57. The van der Waals surface area contributed by atoms with Gasteiger partial charge in [-0.25, -0.2) is 0 Å². The summed E-state index contributed by atoms with van der Waals surface area (Å²) in [6, 6.07) is 22.1. The average molecular weight is 432 g/mol. The molecule has 0 aliphatic rings. The summed E-state index contributed by atoms with van der Waals surface area (Å²) in [5.74, 6) is 1.43. The highest BCUT2D eigenvalue weighted by molar-refractivity contribution is 9.10. The fourth-order valence-corrected chi connectivity index (χ4v) is 2.77. The summed E-state index contributed by atoms with van der Waals surface area (Å²) in [6.07, 6.45) is 0. The number of hydrogen-bond donors (Lipinski definition) is 0. The molecule has 0 bridgehead atoms. The molecule has 0 amide bonds. The van der Waals surface area contributed by atoms with Crippen LogP contribution in [-0.4, -0.2) is 5.78 Å². The van der Waals surface area contributed by atoms with Crippen molar-refractivity contribution in [2.45, 2.75) is 0 Å². The molecule has 0 saturated carbocycles. The van der Waals surface area contributed by atoms with Gasteiger partial charge in [0.05, 0.1) is 0 Å². The molecule has 0 aromatic heterocycles. The van der Waals surface area contributed by atoms with Gasteiger partial charge in [-0.15, -0.1) is 0 Å². The molecule has 0 unspecified atom stereocenters. The van der Waals surface area contributed by atoms with E-state index in [1.807, 2.05) is 42.5 Å². The van der Waals surface area contributed by atoms with Crippen LogP contribution in [0, 0.1) is 0 Å². The maximum Gasteiger partial charge on any atom is 0.193 e. The van der Waals surface area contributed by atoms with Gasteiger partial charge in [-0.3, -0.25) is 4.79 Å². The zero-order valence-corrected chi connectivity index (χ0v) is 15.2. The van der Waals surface area contributed by atoms with E-state index in [0.717, 1.165) is 14.7 Å². The third-order valence-corrected chi connectivity index (χ3v) is 4.27. The molecular weight excluding hydrogens is 420 g/mol. The Bertz CT molecular complexity index is 825. The van der Waals surface area contributed by atoms with Crippen molar-refractivity contribution < 1.29 is 9.53 Å². The van der Waals surface area contributed by atoms with Crippen LogP contribution in [0.2, 0.25) is 0 Å². The highest BCUT2D eigenvalue weighted by atomic mass is 79.9. The van der Waals surface area contributed by atoms with Crippen LogP contribution in [0.4, 0.5) is 0 Å². The number of halogens is 2. The number of carbonyl (C=O) groups is 1. The van der Waals surface area contributed by atoms with Gasteiger partial charge in [0, 0.05) is 20.1 Å². The van der Waals surface area contributed by atoms with Crippen molar-refractivity contribution in [2.24, 2.45) is 0 Å². The van der Waals surface area contributed by atoms with Crippen LogP contribution in [0.15, 0.2) is 81.7 Å². The Morgan fingerprint density at radius 1 is 0.696 bits per heavy atom. The molecule has 0 aliphatic heterocycles. The molecule has 0 radical (unpaired) electrons. The van der Waals surface area contributed by atoms with Gasteiger partial charge in [-0.1, -0.05) is 44.0 Å². The summed E-state index contributed by atoms with van der Waals surface area (Å²) in [7, 11) is 0. The van der Waals surface area contributed by atoms with Gasteiger partial charge in [0.1, 0.15) is 11.5 Å². The lowest BCUT2D eigenvalue weighted by atomic mass is 10.0. The number of benzene rings is 3. The summed E-state index contributed by atoms with van der Waals surface area (Å²) >= 11 is 6.77. The lowest BCUT2D eigenvalue weighted by Gasteiger charge is -2.07. The van der Waals surface area contributed by atoms with Crippen LogP contribution in [-0.2, 0) is 0 Å². The van der Waals surface area contributed by atoms with Crippen molar-refractivity contribution in [2.75, 3.05) is 0 Å². The van der Waals surface area contributed by atoms with Gasteiger partial charge in [0.15, 0.2) is 5.78 Å². The van der Waals surface area contributed by atoms with E-state index < -0.39 is 0 Å². The summed E-state index contributed by atoms with van der Waals surface area (Å²) in [6.45, 7) is 0. The monoisotopic (exact) mass is 430 g/mol. The molecule has 3 rings (SSSR count). The van der Waals surface area contributed by atoms with Crippen LogP contribution in [0.1, 0.15) is 15.9 Å². The number of rotatable bonds is 4. The Hall–Kier alpha value is -1.91. The number of ketones is 1. The zero-order valence-electron chi connectivity index (χ0n) is 12.0. The second kappa shape index (κ2) is 7.11. The topological polar surface area (TPSA) is 26.3 Å². The maximum absolute atomic E-state index is 12.4. The largest absolute Gasteiger partial charge is 0.457 e. The Balaban J connectivity index is 1.76. The Kier molecular flexibility index (Phi) is 4.94. The first-order valence-corrected chi connectivity index (χ1v) is 8.54. The van der Waals surface area contributed by atoms with Gasteiger partial charge in [-0.2, -0.15) is 0 Å². The minimum Gasteiger partial charge on any atom is -0.457 e. The molecule has 4 heteroatoms. The molecule has 0 saturated heterocycles. The van der Waals surface area contributed by atoms with Crippen molar-refractivity contribution in [3.63, 3.8) is 0 Å². The standard InChI is InChI=1S/C19H12Br2O2/c20-15-6-10-18(11-7-15)23-17-8-4-13(5-9-17)19(22)14-2-1-3-16(21)12-14/h1-12H. The zero-order chi connectivity index (χ0) is 16.2. The van der Waals surface area contributed by atoms with Gasteiger partial charge >= 0.3 is 0 Å². The van der Waals surface area contributed by atoms with E-state index in [9.17, 15) is 4.79 Å². The first kappa shape index (κ1) is 16.0. The summed E-state index contributed by atoms with van der Waals surface area (Å²) in [4.78, 5) is 12.4. The van der Waals surface area contributed by atoms with E-state index in [-0.39, 0.29) is 5.78 Å². The van der Waals surface area contributed by atoms with Crippen LogP contribution in [0.3, 0.4) is 0 Å². The van der Waals surface area contributed by atoms with Crippen molar-refractivity contribution >= 4 is 37.6 Å². The normalized spacial score (nSPS) is 10.3. The fraction of sp³-hybridized carbons (Fsp3) is 0. The highest BCUT2D eigenvalue weighted by Gasteiger charge is 2.09. The first-order chi connectivity index (χ1) is 11.1. The van der Waals surface area contributed by atoms with E-state index in [1.54, 1.807) is 30.3 Å². The molecule has 23 heavy (non-hydrogen) atoms. The van der Waals surface area contributed by atoms with Gasteiger partial charge < -0.3 is 4.74 Å². The second-order valence-corrected chi connectivity index (χ2v) is 6.75. The van der Waals surface area contributed by atoms with Crippen LogP contribution in [0.25, 0.3) is 0 Å². The molecule has 3 aromatic carbocycles. The SMILES string of the molecule is O=C(c1ccc(Oc2ccc(Br)cc2)cc1)c1cccc(Br)c1. The van der Waals surface area contributed by atoms with Crippen molar-refractivity contribution in [3.05, 3.63) is 92.9 Å². The van der Waals surface area contributed by atoms with Crippen LogP contribution >= 0.6 is 31.9 Å². The fourth-order valence-electron chi connectivity index (χ4n) is 2.11. The quantitative estimate of drug-likeness (QED) is 0.457. The summed E-state index contributed by atoms with van der Waals surface area (Å²) < 4.78 is 7.64. The Labute approximate surface area is 151 Å². The van der Waals surface area contributed by atoms with Gasteiger partial charge in [0.25, 0.3) is 0 Å². The highest BCUT2D eigenvalue weighted by Crippen LogP contribution is 2.24. The molecule has 0 atom stereocenters. The molecule has 0 N–H and O–H groups in total. The molecule has 0 fully saturated rings. The third-order valence-electron chi connectivity index (χ3n) is 3.25. The minimum atomic E-state index is -0.0125. The molecule has 3 aromatic rings. The van der Waals surface area contributed by atoms with Gasteiger partial charge in [0.2, 0.25) is 0 Å². The molecule has 114 valence electrons. The Morgan fingerprint density at radius 2 is 1.30 bits per heavy atom. The maximum atomic E-state index is 12.4. The van der Waals surface area contributed by atoms with Crippen LogP contribution in [0.5, 0.6) is 11.5 Å².